The molecule has 0 aliphatic carbocycles. The number of rotatable bonds is 4. The van der Waals surface area contributed by atoms with E-state index in [-0.39, 0.29) is 22.8 Å². The summed E-state index contributed by atoms with van der Waals surface area (Å²) in [5.74, 6) is -1.37. The molecule has 1 aromatic heterocycles. The molecule has 13 heteroatoms. The molecule has 0 radical (unpaired) electrons. The fourth-order valence-corrected chi connectivity index (χ4v) is 4.83. The number of halogens is 4. The number of imide groups is 1. The summed E-state index contributed by atoms with van der Waals surface area (Å²) in [5, 5.41) is 3.87. The van der Waals surface area contributed by atoms with Crippen molar-refractivity contribution < 1.29 is 32.3 Å². The summed E-state index contributed by atoms with van der Waals surface area (Å²) >= 11 is 6.70. The number of nitrogens with zero attached hydrogens (tertiary/aromatic N) is 3. The molecule has 8 nitrogen and oxygen atoms in total. The van der Waals surface area contributed by atoms with Gasteiger partial charge in [0.15, 0.2) is 11.4 Å². The van der Waals surface area contributed by atoms with Gasteiger partial charge in [-0.2, -0.15) is 13.2 Å². The van der Waals surface area contributed by atoms with Crippen LogP contribution in [0.4, 0.5) is 23.1 Å². The number of hydrogen-bond acceptors (Lipinski definition) is 6. The van der Waals surface area contributed by atoms with Gasteiger partial charge in [0.1, 0.15) is 5.92 Å². The number of benzene rings is 1. The third kappa shape index (κ3) is 4.23. The fraction of sp³-hybridized carbons (Fsp3) is 0.333. The number of allylic oxidation sites excluding steroid dienone is 1. The van der Waals surface area contributed by atoms with Crippen LogP contribution in [0.5, 0.6) is 0 Å². The minimum Gasteiger partial charge on any atom is -0.474 e. The first kappa shape index (κ1) is 24.0. The zero-order chi connectivity index (χ0) is 24.9. The van der Waals surface area contributed by atoms with Crippen molar-refractivity contribution >= 4 is 45.9 Å². The van der Waals surface area contributed by atoms with E-state index < -0.39 is 46.8 Å². The largest absolute Gasteiger partial charge is 0.474 e. The van der Waals surface area contributed by atoms with Crippen molar-refractivity contribution in [2.24, 2.45) is 5.92 Å². The predicted octanol–water partition coefficient (Wildman–Crippen LogP) is 4.58. The number of carbonyl (C=O) groups excluding carboxylic acids is 3. The summed E-state index contributed by atoms with van der Waals surface area (Å²) in [7, 11) is 2.87. The highest BCUT2D eigenvalue weighted by molar-refractivity contribution is 7.14. The maximum atomic E-state index is 13.1. The van der Waals surface area contributed by atoms with E-state index in [1.54, 1.807) is 6.92 Å². The molecule has 4 rings (SSSR count). The van der Waals surface area contributed by atoms with Gasteiger partial charge in [-0.1, -0.05) is 17.7 Å². The molecule has 3 heterocycles. The number of carbonyl (C=O) groups is 3. The van der Waals surface area contributed by atoms with Crippen LogP contribution in [0.2, 0.25) is 5.02 Å². The Morgan fingerprint density at radius 2 is 2.00 bits per heavy atom. The fourth-order valence-electron chi connectivity index (χ4n) is 3.87. The Morgan fingerprint density at radius 1 is 1.29 bits per heavy atom. The summed E-state index contributed by atoms with van der Waals surface area (Å²) in [4.78, 5) is 44.0. The van der Waals surface area contributed by atoms with E-state index in [0.29, 0.717) is 11.3 Å². The Labute approximate surface area is 200 Å². The van der Waals surface area contributed by atoms with Crippen LogP contribution < -0.4 is 5.32 Å². The molecule has 180 valence electrons. The van der Waals surface area contributed by atoms with E-state index in [2.05, 4.69) is 10.3 Å². The molecule has 2 aliphatic heterocycles. The molecule has 34 heavy (non-hydrogen) atoms. The van der Waals surface area contributed by atoms with Crippen LogP contribution in [-0.2, 0) is 20.5 Å². The second kappa shape index (κ2) is 8.58. The van der Waals surface area contributed by atoms with Gasteiger partial charge >= 0.3 is 12.2 Å². The average molecular weight is 515 g/mol. The first-order valence-electron chi connectivity index (χ1n) is 9.91. The lowest BCUT2D eigenvalue weighted by molar-refractivity contribution is -0.141. The topological polar surface area (TPSA) is 91.8 Å². The van der Waals surface area contributed by atoms with Crippen LogP contribution in [-0.4, -0.2) is 53.0 Å². The first-order valence-corrected chi connectivity index (χ1v) is 11.2. The van der Waals surface area contributed by atoms with Gasteiger partial charge in [-0.15, -0.1) is 11.3 Å². The molecule has 1 aromatic carbocycles. The summed E-state index contributed by atoms with van der Waals surface area (Å²) in [6.07, 6.45) is -5.61. The number of alkyl halides is 3. The second-order valence-electron chi connectivity index (χ2n) is 7.81. The number of aromatic nitrogens is 1. The molecule has 2 aromatic rings. The minimum atomic E-state index is -4.61. The molecule has 1 fully saturated rings. The molecular weight excluding hydrogens is 497 g/mol. The van der Waals surface area contributed by atoms with Gasteiger partial charge in [0.25, 0.3) is 0 Å². The number of nitrogens with one attached hydrogen (secondary N) is 1. The Hall–Kier alpha value is -3.12. The van der Waals surface area contributed by atoms with Gasteiger partial charge < -0.3 is 10.1 Å². The van der Waals surface area contributed by atoms with Crippen LogP contribution in [0.1, 0.15) is 18.9 Å². The summed E-state index contributed by atoms with van der Waals surface area (Å²) in [6, 6.07) is 2.95. The number of anilines is 1. The van der Waals surface area contributed by atoms with Gasteiger partial charge in [-0.3, -0.25) is 19.4 Å². The first-order chi connectivity index (χ1) is 15.9. The molecule has 1 N–H and O–H groups in total. The van der Waals surface area contributed by atoms with Crippen molar-refractivity contribution in [2.75, 3.05) is 19.4 Å². The molecule has 2 atom stereocenters. The van der Waals surface area contributed by atoms with E-state index in [1.807, 2.05) is 0 Å². The highest BCUT2D eigenvalue weighted by Crippen LogP contribution is 2.40. The van der Waals surface area contributed by atoms with Crippen LogP contribution in [0.25, 0.3) is 11.3 Å². The van der Waals surface area contributed by atoms with E-state index in [9.17, 15) is 27.6 Å². The number of thiazole rings is 1. The third-order valence-electron chi connectivity index (χ3n) is 5.65. The van der Waals surface area contributed by atoms with Gasteiger partial charge in [0.05, 0.1) is 28.5 Å². The molecule has 2 unspecified atom stereocenters. The standard InChI is InChI=1S/C21H18ClF3N4O4S/c1-9-11(16-17(31)28(2)20(32)29(3)18(16)33-9)7-15(30)27-19-26-14(8-34-19)10-4-5-13(22)12(6-10)21(23,24)25/h4-6,8,16,18H,7H2,1-3H3,(H,26,27,30). The van der Waals surface area contributed by atoms with Crippen molar-refractivity contribution in [2.45, 2.75) is 25.7 Å². The highest BCUT2D eigenvalue weighted by atomic mass is 35.5. The van der Waals surface area contributed by atoms with Gasteiger partial charge in [-0.25, -0.2) is 9.78 Å². The number of hydrogen-bond donors (Lipinski definition) is 1. The molecular formula is C21H18ClF3N4O4S. The van der Waals surface area contributed by atoms with E-state index in [4.69, 9.17) is 16.3 Å². The van der Waals surface area contributed by atoms with E-state index in [1.165, 1.54) is 30.4 Å². The SMILES string of the molecule is CC1=C(CC(=O)Nc2nc(-c3ccc(Cl)c(C(F)(F)F)c3)cs2)C2C(=O)N(C)C(=O)N(C)C2O1. The monoisotopic (exact) mass is 514 g/mol. The van der Waals surface area contributed by atoms with Crippen molar-refractivity contribution in [1.29, 1.82) is 0 Å². The smallest absolute Gasteiger partial charge is 0.417 e. The zero-order valence-electron chi connectivity index (χ0n) is 18.1. The van der Waals surface area contributed by atoms with Crippen molar-refractivity contribution in [1.82, 2.24) is 14.8 Å². The third-order valence-corrected chi connectivity index (χ3v) is 6.73. The van der Waals surface area contributed by atoms with Gasteiger partial charge in [0.2, 0.25) is 11.8 Å². The quantitative estimate of drug-likeness (QED) is 0.645. The number of amides is 4. The lowest BCUT2D eigenvalue weighted by atomic mass is 9.92. The molecule has 0 spiro atoms. The molecule has 2 aliphatic rings. The van der Waals surface area contributed by atoms with Crippen molar-refractivity contribution in [3.63, 3.8) is 0 Å². The van der Waals surface area contributed by atoms with Crippen LogP contribution in [0.15, 0.2) is 34.9 Å². The second-order valence-corrected chi connectivity index (χ2v) is 9.08. The zero-order valence-corrected chi connectivity index (χ0v) is 19.6. The number of ether oxygens (including phenoxy) is 1. The summed E-state index contributed by atoms with van der Waals surface area (Å²) in [6.45, 7) is 1.62. The maximum Gasteiger partial charge on any atom is 0.417 e. The van der Waals surface area contributed by atoms with Crippen LogP contribution in [0.3, 0.4) is 0 Å². The van der Waals surface area contributed by atoms with Gasteiger partial charge in [-0.05, 0) is 24.6 Å². The number of fused-ring (bicyclic) bond motifs is 1. The van der Waals surface area contributed by atoms with E-state index >= 15 is 0 Å². The van der Waals surface area contributed by atoms with Gasteiger partial charge in [0, 0.05) is 25.0 Å². The molecule has 4 amide bonds. The van der Waals surface area contributed by atoms with Crippen LogP contribution in [0, 0.1) is 5.92 Å². The van der Waals surface area contributed by atoms with Crippen molar-refractivity contribution in [3.05, 3.63) is 45.5 Å². The summed E-state index contributed by atoms with van der Waals surface area (Å²) < 4.78 is 45.1. The molecule has 0 saturated carbocycles. The Bertz CT molecular complexity index is 1230. The highest BCUT2D eigenvalue weighted by Gasteiger charge is 2.51. The molecule has 0 bridgehead atoms. The van der Waals surface area contributed by atoms with E-state index in [0.717, 1.165) is 28.4 Å². The lowest BCUT2D eigenvalue weighted by Crippen LogP contribution is -2.58. The predicted molar refractivity (Wildman–Crippen MR) is 118 cm³/mol. The Kier molecular flexibility index (Phi) is 6.06. The Balaban J connectivity index is 1.49. The normalized spacial score (nSPS) is 20.6. The van der Waals surface area contributed by atoms with Crippen molar-refractivity contribution in [3.8, 4) is 11.3 Å². The number of urea groups is 1. The Morgan fingerprint density at radius 3 is 2.68 bits per heavy atom. The summed E-state index contributed by atoms with van der Waals surface area (Å²) in [5.41, 5.74) is -0.0917. The maximum absolute atomic E-state index is 13.1. The molecule has 1 saturated heterocycles. The van der Waals surface area contributed by atoms with Crippen LogP contribution >= 0.6 is 22.9 Å². The average Bonchev–Trinajstić information content (AvgIpc) is 3.35. The minimum absolute atomic E-state index is 0.177. The lowest BCUT2D eigenvalue weighted by Gasteiger charge is -2.37.